The second kappa shape index (κ2) is 8.68. The Morgan fingerprint density at radius 3 is 2.58 bits per heavy atom. The number of hydrogen-bond donors (Lipinski definition) is 2. The number of anilines is 1. The fourth-order valence-electron chi connectivity index (χ4n) is 2.84. The van der Waals surface area contributed by atoms with E-state index in [1.54, 1.807) is 17.0 Å². The fourth-order valence-corrected chi connectivity index (χ4v) is 2.84. The highest BCUT2D eigenvalue weighted by Crippen LogP contribution is 2.23. The first kappa shape index (κ1) is 18.3. The maximum Gasteiger partial charge on any atom is 0.258 e. The van der Waals surface area contributed by atoms with Crippen LogP contribution >= 0.6 is 0 Å². The molecule has 1 heterocycles. The maximum absolute atomic E-state index is 11.9. The average molecular weight is 333 g/mol. The molecule has 2 amide bonds. The lowest BCUT2D eigenvalue weighted by molar-refractivity contribution is -0.123. The molecule has 6 nitrogen and oxygen atoms in total. The summed E-state index contributed by atoms with van der Waals surface area (Å²) >= 11 is 0. The molecule has 0 spiro atoms. The molecule has 0 radical (unpaired) electrons. The number of nitrogens with two attached hydrogens (primary N) is 1. The minimum absolute atomic E-state index is 0.0235. The minimum atomic E-state index is -0.176. The molecule has 1 aromatic rings. The molecular weight excluding hydrogens is 306 g/mol. The zero-order chi connectivity index (χ0) is 17.5. The van der Waals surface area contributed by atoms with E-state index in [1.807, 2.05) is 12.1 Å². The highest BCUT2D eigenvalue weighted by molar-refractivity contribution is 5.95. The Labute approximate surface area is 143 Å². The number of amides is 2. The summed E-state index contributed by atoms with van der Waals surface area (Å²) < 4.78 is 5.51. The van der Waals surface area contributed by atoms with Crippen LogP contribution in [0.1, 0.15) is 33.1 Å². The number of ether oxygens (including phenoxy) is 1. The van der Waals surface area contributed by atoms with E-state index in [0.717, 1.165) is 25.1 Å². The van der Waals surface area contributed by atoms with E-state index < -0.39 is 0 Å². The molecule has 0 aliphatic carbocycles. The van der Waals surface area contributed by atoms with Gasteiger partial charge in [-0.15, -0.1) is 0 Å². The highest BCUT2D eigenvalue weighted by atomic mass is 16.5. The molecule has 2 rings (SSSR count). The standard InChI is InChI=1S/C18H27N3O3/c1-13(2)10-14(11-19)20-17(22)12-24-16-7-5-15(6-8-16)21-9-3-4-18(21)23/h5-8,13-14H,3-4,9-12,19H2,1-2H3,(H,20,22). The van der Waals surface area contributed by atoms with Gasteiger partial charge in [0.25, 0.3) is 5.91 Å². The number of carbonyl (C=O) groups excluding carboxylic acids is 2. The summed E-state index contributed by atoms with van der Waals surface area (Å²) in [6.07, 6.45) is 2.36. The number of nitrogens with zero attached hydrogens (tertiary/aromatic N) is 1. The van der Waals surface area contributed by atoms with Crippen molar-refractivity contribution in [2.75, 3.05) is 24.6 Å². The van der Waals surface area contributed by atoms with E-state index >= 15 is 0 Å². The molecule has 1 aliphatic heterocycles. The number of rotatable bonds is 8. The van der Waals surface area contributed by atoms with E-state index in [2.05, 4.69) is 19.2 Å². The molecule has 0 aromatic heterocycles. The Balaban J connectivity index is 1.81. The molecule has 1 atom stereocenters. The van der Waals surface area contributed by atoms with Gasteiger partial charge in [-0.1, -0.05) is 13.8 Å². The van der Waals surface area contributed by atoms with Gasteiger partial charge in [0.05, 0.1) is 0 Å². The largest absolute Gasteiger partial charge is 0.484 e. The van der Waals surface area contributed by atoms with Gasteiger partial charge in [0.15, 0.2) is 6.61 Å². The summed E-state index contributed by atoms with van der Waals surface area (Å²) in [7, 11) is 0. The van der Waals surface area contributed by atoms with Gasteiger partial charge in [0, 0.05) is 31.2 Å². The van der Waals surface area contributed by atoms with Gasteiger partial charge in [-0.3, -0.25) is 9.59 Å². The summed E-state index contributed by atoms with van der Waals surface area (Å²) in [5.74, 6) is 1.06. The minimum Gasteiger partial charge on any atom is -0.484 e. The first-order valence-corrected chi connectivity index (χ1v) is 8.52. The second-order valence-corrected chi connectivity index (χ2v) is 6.56. The Hall–Kier alpha value is -2.08. The van der Waals surface area contributed by atoms with Crippen LogP contribution in [0, 0.1) is 5.92 Å². The molecule has 1 aliphatic rings. The second-order valence-electron chi connectivity index (χ2n) is 6.56. The first-order valence-electron chi connectivity index (χ1n) is 8.52. The van der Waals surface area contributed by atoms with Gasteiger partial charge in [0.2, 0.25) is 5.91 Å². The third-order valence-electron chi connectivity index (χ3n) is 4.00. The van der Waals surface area contributed by atoms with Gasteiger partial charge in [0.1, 0.15) is 5.75 Å². The van der Waals surface area contributed by atoms with Crippen molar-refractivity contribution in [3.8, 4) is 5.75 Å². The van der Waals surface area contributed by atoms with Crippen LogP contribution in [0.5, 0.6) is 5.75 Å². The van der Waals surface area contributed by atoms with E-state index in [0.29, 0.717) is 24.6 Å². The van der Waals surface area contributed by atoms with Crippen molar-refractivity contribution < 1.29 is 14.3 Å². The van der Waals surface area contributed by atoms with Crippen molar-refractivity contribution in [1.82, 2.24) is 5.32 Å². The van der Waals surface area contributed by atoms with Crippen molar-refractivity contribution in [3.63, 3.8) is 0 Å². The predicted octanol–water partition coefficient (Wildman–Crippen LogP) is 1.68. The molecule has 3 N–H and O–H groups in total. The van der Waals surface area contributed by atoms with Crippen molar-refractivity contribution in [1.29, 1.82) is 0 Å². The Morgan fingerprint density at radius 2 is 2.04 bits per heavy atom. The summed E-state index contributed by atoms with van der Waals surface area (Å²) in [6, 6.07) is 7.23. The fraction of sp³-hybridized carbons (Fsp3) is 0.556. The number of nitrogens with one attached hydrogen (secondary N) is 1. The highest BCUT2D eigenvalue weighted by Gasteiger charge is 2.21. The lowest BCUT2D eigenvalue weighted by Crippen LogP contribution is -2.43. The monoisotopic (exact) mass is 333 g/mol. The summed E-state index contributed by atoms with van der Waals surface area (Å²) in [4.78, 5) is 25.4. The normalized spacial score (nSPS) is 15.7. The van der Waals surface area contributed by atoms with Crippen LogP contribution in [-0.2, 0) is 9.59 Å². The molecule has 0 saturated carbocycles. The lowest BCUT2D eigenvalue weighted by Gasteiger charge is -2.19. The summed E-state index contributed by atoms with van der Waals surface area (Å²) in [5.41, 5.74) is 6.55. The quantitative estimate of drug-likeness (QED) is 0.758. The molecule has 1 aromatic carbocycles. The van der Waals surface area contributed by atoms with Crippen LogP contribution in [0.25, 0.3) is 0 Å². The molecule has 1 fully saturated rings. The molecular formula is C18H27N3O3. The first-order chi connectivity index (χ1) is 11.5. The molecule has 24 heavy (non-hydrogen) atoms. The number of carbonyl (C=O) groups is 2. The van der Waals surface area contributed by atoms with E-state index in [-0.39, 0.29) is 24.5 Å². The van der Waals surface area contributed by atoms with Gasteiger partial charge < -0.3 is 20.7 Å². The summed E-state index contributed by atoms with van der Waals surface area (Å²) in [6.45, 7) is 5.33. The number of hydrogen-bond acceptors (Lipinski definition) is 4. The van der Waals surface area contributed by atoms with Crippen molar-refractivity contribution >= 4 is 17.5 Å². The molecule has 6 heteroatoms. The zero-order valence-electron chi connectivity index (χ0n) is 14.5. The Bertz CT molecular complexity index is 557. The topological polar surface area (TPSA) is 84.7 Å². The van der Waals surface area contributed by atoms with Crippen molar-refractivity contribution in [3.05, 3.63) is 24.3 Å². The van der Waals surface area contributed by atoms with Gasteiger partial charge >= 0.3 is 0 Å². The van der Waals surface area contributed by atoms with E-state index in [1.165, 1.54) is 0 Å². The van der Waals surface area contributed by atoms with Gasteiger partial charge in [-0.25, -0.2) is 0 Å². The predicted molar refractivity (Wildman–Crippen MR) is 94.0 cm³/mol. The van der Waals surface area contributed by atoms with Crippen LogP contribution in [0.4, 0.5) is 5.69 Å². The van der Waals surface area contributed by atoms with Crippen molar-refractivity contribution in [2.45, 2.75) is 39.2 Å². The third kappa shape index (κ3) is 5.23. The van der Waals surface area contributed by atoms with E-state index in [9.17, 15) is 9.59 Å². The van der Waals surface area contributed by atoms with Crippen LogP contribution in [0.15, 0.2) is 24.3 Å². The smallest absolute Gasteiger partial charge is 0.258 e. The van der Waals surface area contributed by atoms with Gasteiger partial charge in [-0.2, -0.15) is 0 Å². The molecule has 132 valence electrons. The Morgan fingerprint density at radius 1 is 1.33 bits per heavy atom. The van der Waals surface area contributed by atoms with Crippen molar-refractivity contribution in [2.24, 2.45) is 11.7 Å². The van der Waals surface area contributed by atoms with Gasteiger partial charge in [-0.05, 0) is 43.0 Å². The molecule has 1 saturated heterocycles. The van der Waals surface area contributed by atoms with Crippen LogP contribution in [-0.4, -0.2) is 37.6 Å². The SMILES string of the molecule is CC(C)CC(CN)NC(=O)COc1ccc(N2CCCC2=O)cc1. The average Bonchev–Trinajstić information content (AvgIpc) is 2.98. The Kier molecular flexibility index (Phi) is 6.61. The van der Waals surface area contributed by atoms with Crippen LogP contribution in [0.2, 0.25) is 0 Å². The third-order valence-corrected chi connectivity index (χ3v) is 4.00. The summed E-state index contributed by atoms with van der Waals surface area (Å²) in [5, 5.41) is 2.89. The molecule has 1 unspecified atom stereocenters. The van der Waals surface area contributed by atoms with E-state index in [4.69, 9.17) is 10.5 Å². The lowest BCUT2D eigenvalue weighted by atomic mass is 10.0. The zero-order valence-corrected chi connectivity index (χ0v) is 14.5. The van der Waals surface area contributed by atoms with Crippen LogP contribution < -0.4 is 20.7 Å². The number of benzene rings is 1. The maximum atomic E-state index is 11.9. The van der Waals surface area contributed by atoms with Crippen LogP contribution in [0.3, 0.4) is 0 Å². The molecule has 0 bridgehead atoms.